The van der Waals surface area contributed by atoms with Crippen LogP contribution in [0.5, 0.6) is 5.75 Å². The van der Waals surface area contributed by atoms with Gasteiger partial charge in [0.05, 0.1) is 24.0 Å². The highest BCUT2D eigenvalue weighted by Crippen LogP contribution is 2.35. The van der Waals surface area contributed by atoms with Crippen LogP contribution in [-0.4, -0.2) is 12.5 Å². The minimum atomic E-state index is -0.0423. The Hall–Kier alpha value is -4.31. The summed E-state index contributed by atoms with van der Waals surface area (Å²) in [6, 6.07) is 36.1. The number of hydrogen-bond donors (Lipinski definition) is 1. The highest BCUT2D eigenvalue weighted by atomic mass is 16.5. The van der Waals surface area contributed by atoms with Crippen molar-refractivity contribution in [2.75, 3.05) is 16.8 Å². The molecule has 0 aliphatic carbocycles. The van der Waals surface area contributed by atoms with E-state index in [1.807, 2.05) is 108 Å². The normalized spacial score (nSPS) is 14.9. The van der Waals surface area contributed by atoms with Crippen LogP contribution in [0.15, 0.2) is 115 Å². The van der Waals surface area contributed by atoms with Gasteiger partial charge >= 0.3 is 0 Å². The molecular formula is C30H26N2O2. The second kappa shape index (κ2) is 10.1. The Labute approximate surface area is 200 Å². The molecule has 0 saturated carbocycles. The Bertz CT molecular complexity index is 1270. The molecule has 1 aliphatic rings. The Balaban J connectivity index is 1.27. The van der Waals surface area contributed by atoms with E-state index in [1.54, 1.807) is 6.08 Å². The zero-order valence-electron chi connectivity index (χ0n) is 18.8. The molecule has 0 bridgehead atoms. The number of carbonyl (C=O) groups excluding carboxylic acids is 1. The highest BCUT2D eigenvalue weighted by molar-refractivity contribution is 6.06. The van der Waals surface area contributed by atoms with Gasteiger partial charge in [0.1, 0.15) is 12.4 Å². The lowest BCUT2D eigenvalue weighted by Gasteiger charge is -2.35. The van der Waals surface area contributed by atoms with Gasteiger partial charge in [0.2, 0.25) is 0 Å². The van der Waals surface area contributed by atoms with Gasteiger partial charge in [0.15, 0.2) is 0 Å². The Morgan fingerprint density at radius 2 is 1.53 bits per heavy atom. The third-order valence-corrected chi connectivity index (χ3v) is 5.90. The molecule has 4 aromatic rings. The van der Waals surface area contributed by atoms with Crippen LogP contribution in [0, 0.1) is 0 Å². The second-order valence-electron chi connectivity index (χ2n) is 8.25. The molecule has 1 aliphatic heterocycles. The van der Waals surface area contributed by atoms with Crippen molar-refractivity contribution in [3.05, 3.63) is 132 Å². The number of hydrogen-bond acceptors (Lipinski definition) is 3. The number of nitrogens with zero attached hydrogens (tertiary/aromatic N) is 1. The molecule has 0 aromatic heterocycles. The van der Waals surface area contributed by atoms with Crippen LogP contribution in [0.3, 0.4) is 0 Å². The van der Waals surface area contributed by atoms with E-state index < -0.39 is 0 Å². The monoisotopic (exact) mass is 446 g/mol. The number of fused-ring (bicyclic) bond motifs is 1. The van der Waals surface area contributed by atoms with Gasteiger partial charge < -0.3 is 15.0 Å². The molecule has 168 valence electrons. The first-order valence-corrected chi connectivity index (χ1v) is 11.4. The van der Waals surface area contributed by atoms with E-state index in [1.165, 1.54) is 0 Å². The maximum Gasteiger partial charge on any atom is 0.251 e. The number of anilines is 2. The van der Waals surface area contributed by atoms with Crippen LogP contribution >= 0.6 is 0 Å². The Kier molecular flexibility index (Phi) is 6.39. The summed E-state index contributed by atoms with van der Waals surface area (Å²) in [5.41, 5.74) is 5.09. The topological polar surface area (TPSA) is 41.6 Å². The summed E-state index contributed by atoms with van der Waals surface area (Å²) in [6.45, 7) is 1.09. The van der Waals surface area contributed by atoms with Crippen molar-refractivity contribution in [3.8, 4) is 5.75 Å². The molecule has 4 heteroatoms. The molecule has 1 amide bonds. The molecular weight excluding hydrogens is 420 g/mol. The number of nitrogens with one attached hydrogen (secondary N) is 1. The van der Waals surface area contributed by atoms with Crippen LogP contribution in [0.2, 0.25) is 0 Å². The minimum Gasteiger partial charge on any atom is -0.489 e. The third-order valence-electron chi connectivity index (χ3n) is 5.90. The zero-order chi connectivity index (χ0) is 23.2. The number of benzene rings is 4. The number of rotatable bonds is 6. The van der Waals surface area contributed by atoms with Crippen molar-refractivity contribution in [1.29, 1.82) is 0 Å². The molecule has 1 heterocycles. The summed E-state index contributed by atoms with van der Waals surface area (Å²) in [5.74, 6) is 0.758. The van der Waals surface area contributed by atoms with Crippen LogP contribution in [0.1, 0.15) is 22.7 Å². The molecule has 1 atom stereocenters. The van der Waals surface area contributed by atoms with Crippen molar-refractivity contribution in [2.45, 2.75) is 12.6 Å². The number of ether oxygens (including phenoxy) is 1. The van der Waals surface area contributed by atoms with Crippen LogP contribution < -0.4 is 15.0 Å². The van der Waals surface area contributed by atoms with E-state index >= 15 is 0 Å². The summed E-state index contributed by atoms with van der Waals surface area (Å²) in [6.07, 6.45) is 3.50. The molecule has 34 heavy (non-hydrogen) atoms. The fraction of sp³-hybridized carbons (Fsp3) is 0.100. The molecule has 1 unspecified atom stereocenters. The van der Waals surface area contributed by atoms with Crippen molar-refractivity contribution in [2.24, 2.45) is 0 Å². The average molecular weight is 447 g/mol. The SMILES string of the molecule is O=C(/C=C/c1ccc(OCc2ccccc2)cc1)N1CC(c2ccccc2)Nc2ccccc21. The Morgan fingerprint density at radius 3 is 2.29 bits per heavy atom. The summed E-state index contributed by atoms with van der Waals surface area (Å²) < 4.78 is 5.85. The summed E-state index contributed by atoms with van der Waals surface area (Å²) in [7, 11) is 0. The largest absolute Gasteiger partial charge is 0.489 e. The molecule has 5 rings (SSSR count). The number of amides is 1. The van der Waals surface area contributed by atoms with E-state index in [-0.39, 0.29) is 11.9 Å². The highest BCUT2D eigenvalue weighted by Gasteiger charge is 2.27. The molecule has 0 fully saturated rings. The second-order valence-corrected chi connectivity index (χ2v) is 8.25. The number of carbonyl (C=O) groups is 1. The van der Waals surface area contributed by atoms with E-state index in [0.29, 0.717) is 13.2 Å². The fourth-order valence-corrected chi connectivity index (χ4v) is 4.10. The zero-order valence-corrected chi connectivity index (χ0v) is 18.8. The quantitative estimate of drug-likeness (QED) is 0.345. The lowest BCUT2D eigenvalue weighted by atomic mass is 10.0. The van der Waals surface area contributed by atoms with Crippen molar-refractivity contribution in [3.63, 3.8) is 0 Å². The average Bonchev–Trinajstić information content (AvgIpc) is 2.91. The first-order chi connectivity index (χ1) is 16.8. The molecule has 4 nitrogen and oxygen atoms in total. The first-order valence-electron chi connectivity index (χ1n) is 11.4. The molecule has 0 saturated heterocycles. The lowest BCUT2D eigenvalue weighted by molar-refractivity contribution is -0.114. The van der Waals surface area contributed by atoms with Gasteiger partial charge in [-0.3, -0.25) is 4.79 Å². The standard InChI is InChI=1S/C30H26N2O2/c33-30(20-17-23-15-18-26(19-16-23)34-22-24-9-3-1-4-10-24)32-21-28(25-11-5-2-6-12-25)31-27-13-7-8-14-29(27)32/h1-20,28,31H,21-22H2/b20-17+. The van der Waals surface area contributed by atoms with Crippen LogP contribution in [0.4, 0.5) is 11.4 Å². The van der Waals surface area contributed by atoms with Gasteiger partial charge in [-0.2, -0.15) is 0 Å². The van der Waals surface area contributed by atoms with Crippen molar-refractivity contribution in [1.82, 2.24) is 0 Å². The maximum atomic E-state index is 13.2. The minimum absolute atomic E-state index is 0.0366. The molecule has 4 aromatic carbocycles. The van der Waals surface area contributed by atoms with Gasteiger partial charge in [-0.15, -0.1) is 0 Å². The first kappa shape index (κ1) is 21.5. The van der Waals surface area contributed by atoms with Crippen molar-refractivity contribution < 1.29 is 9.53 Å². The summed E-state index contributed by atoms with van der Waals surface area (Å²) in [4.78, 5) is 15.1. The fourth-order valence-electron chi connectivity index (χ4n) is 4.10. The lowest BCUT2D eigenvalue weighted by Crippen LogP contribution is -2.39. The smallest absolute Gasteiger partial charge is 0.251 e. The van der Waals surface area contributed by atoms with E-state index in [4.69, 9.17) is 4.74 Å². The van der Waals surface area contributed by atoms with Gasteiger partial charge in [-0.25, -0.2) is 0 Å². The predicted molar refractivity (Wildman–Crippen MR) is 138 cm³/mol. The number of para-hydroxylation sites is 2. The van der Waals surface area contributed by atoms with Gasteiger partial charge in [-0.1, -0.05) is 84.9 Å². The summed E-state index contributed by atoms with van der Waals surface area (Å²) >= 11 is 0. The predicted octanol–water partition coefficient (Wildman–Crippen LogP) is 6.48. The van der Waals surface area contributed by atoms with Crippen molar-refractivity contribution >= 4 is 23.4 Å². The molecule has 1 N–H and O–H groups in total. The molecule has 0 spiro atoms. The van der Waals surface area contributed by atoms with Crippen LogP contribution in [0.25, 0.3) is 6.08 Å². The Morgan fingerprint density at radius 1 is 0.853 bits per heavy atom. The van der Waals surface area contributed by atoms with E-state index in [2.05, 4.69) is 17.4 Å². The van der Waals surface area contributed by atoms with E-state index in [9.17, 15) is 4.79 Å². The van der Waals surface area contributed by atoms with Gasteiger partial charge in [-0.05, 0) is 47.0 Å². The van der Waals surface area contributed by atoms with E-state index in [0.717, 1.165) is 33.8 Å². The van der Waals surface area contributed by atoms with Gasteiger partial charge in [0.25, 0.3) is 5.91 Å². The molecule has 0 radical (unpaired) electrons. The summed E-state index contributed by atoms with van der Waals surface area (Å²) in [5, 5.41) is 3.57. The van der Waals surface area contributed by atoms with Gasteiger partial charge in [0, 0.05) is 6.08 Å². The third kappa shape index (κ3) is 5.02. The maximum absolute atomic E-state index is 13.2. The van der Waals surface area contributed by atoms with Crippen LogP contribution in [-0.2, 0) is 11.4 Å².